The lowest BCUT2D eigenvalue weighted by Crippen LogP contribution is -2.48. The van der Waals surface area contributed by atoms with Gasteiger partial charge in [0.1, 0.15) is 17.2 Å². The molecular formula is C27H45FN2O5Si. The van der Waals surface area contributed by atoms with Crippen molar-refractivity contribution in [3.8, 4) is 5.75 Å². The minimum atomic E-state index is -1.19. The Kier molecular flexibility index (Phi) is 10.1. The Morgan fingerprint density at radius 2 is 1.86 bits per heavy atom. The topological polar surface area (TPSA) is 69.3 Å². The predicted molar refractivity (Wildman–Crippen MR) is 143 cm³/mol. The molecule has 0 atom stereocenters. The van der Waals surface area contributed by atoms with Gasteiger partial charge in [-0.15, -0.1) is 0 Å². The fourth-order valence-electron chi connectivity index (χ4n) is 4.50. The van der Waals surface area contributed by atoms with Crippen LogP contribution in [0.2, 0.25) is 25.7 Å². The van der Waals surface area contributed by atoms with Crippen molar-refractivity contribution in [3.63, 3.8) is 0 Å². The van der Waals surface area contributed by atoms with Crippen molar-refractivity contribution in [2.45, 2.75) is 89.8 Å². The Morgan fingerprint density at radius 1 is 1.17 bits per heavy atom. The maximum atomic E-state index is 14.2. The molecule has 204 valence electrons. The number of anilines is 1. The maximum Gasteiger partial charge on any atom is 0.407 e. The molecule has 7 nitrogen and oxygen atoms in total. The van der Waals surface area contributed by atoms with Gasteiger partial charge >= 0.3 is 6.09 Å². The van der Waals surface area contributed by atoms with Crippen molar-refractivity contribution in [1.29, 1.82) is 0 Å². The van der Waals surface area contributed by atoms with E-state index in [1.807, 2.05) is 26.8 Å². The first-order valence-corrected chi connectivity index (χ1v) is 16.9. The third-order valence-corrected chi connectivity index (χ3v) is 8.25. The van der Waals surface area contributed by atoms with E-state index in [1.165, 1.54) is 12.1 Å². The first kappa shape index (κ1) is 28.7. The number of nitrogens with zero attached hydrogens (tertiary/aromatic N) is 1. The lowest BCUT2D eigenvalue weighted by atomic mass is 9.89. The zero-order chi connectivity index (χ0) is 26.3. The number of benzene rings is 1. The summed E-state index contributed by atoms with van der Waals surface area (Å²) >= 11 is 0. The molecule has 1 aliphatic carbocycles. The van der Waals surface area contributed by atoms with E-state index < -0.39 is 13.7 Å². The highest BCUT2D eigenvalue weighted by molar-refractivity contribution is 6.76. The van der Waals surface area contributed by atoms with Crippen LogP contribution in [0.25, 0.3) is 0 Å². The van der Waals surface area contributed by atoms with Crippen LogP contribution >= 0.6 is 0 Å². The lowest BCUT2D eigenvalue weighted by Gasteiger charge is -2.42. The van der Waals surface area contributed by atoms with E-state index in [4.69, 9.17) is 18.9 Å². The molecule has 1 aliphatic heterocycles. The number of rotatable bonds is 11. The molecule has 0 spiro atoms. The van der Waals surface area contributed by atoms with E-state index in [0.29, 0.717) is 18.3 Å². The highest BCUT2D eigenvalue weighted by Gasteiger charge is 2.32. The molecule has 9 heteroatoms. The third-order valence-electron chi connectivity index (χ3n) is 6.55. The Morgan fingerprint density at radius 3 is 2.44 bits per heavy atom. The summed E-state index contributed by atoms with van der Waals surface area (Å²) in [5, 5.41) is 3.02. The van der Waals surface area contributed by atoms with Crippen LogP contribution in [0, 0.1) is 11.7 Å². The minimum absolute atomic E-state index is 0.0914. The third kappa shape index (κ3) is 9.56. The van der Waals surface area contributed by atoms with E-state index in [1.54, 1.807) is 0 Å². The van der Waals surface area contributed by atoms with Crippen LogP contribution < -0.4 is 15.0 Å². The number of amides is 1. The van der Waals surface area contributed by atoms with Gasteiger partial charge in [0.15, 0.2) is 6.79 Å². The molecule has 1 heterocycles. The highest BCUT2D eigenvalue weighted by Crippen LogP contribution is 2.36. The summed E-state index contributed by atoms with van der Waals surface area (Å²) in [7, 11) is -1.19. The van der Waals surface area contributed by atoms with Crippen LogP contribution in [0.3, 0.4) is 0 Å². The summed E-state index contributed by atoms with van der Waals surface area (Å²) in [4.78, 5) is 14.6. The van der Waals surface area contributed by atoms with E-state index in [0.717, 1.165) is 57.2 Å². The summed E-state index contributed by atoms with van der Waals surface area (Å²) in [6.07, 6.45) is 3.19. The van der Waals surface area contributed by atoms with Crippen molar-refractivity contribution >= 4 is 19.9 Å². The van der Waals surface area contributed by atoms with Gasteiger partial charge in [0.2, 0.25) is 0 Å². The second-order valence-corrected chi connectivity index (χ2v) is 17.9. The van der Waals surface area contributed by atoms with Gasteiger partial charge in [0, 0.05) is 45.3 Å². The van der Waals surface area contributed by atoms with Crippen LogP contribution in [-0.4, -0.2) is 65.0 Å². The van der Waals surface area contributed by atoms with Gasteiger partial charge in [-0.05, 0) is 64.6 Å². The summed E-state index contributed by atoms with van der Waals surface area (Å²) in [5.74, 6) is 0.624. The van der Waals surface area contributed by atoms with Crippen molar-refractivity contribution in [2.75, 3.05) is 38.1 Å². The maximum absolute atomic E-state index is 14.2. The quantitative estimate of drug-likeness (QED) is 0.224. The SMILES string of the molecule is CC(C)(C)OC(=O)N[C@H]1CC[C@H](N(CC2COC2)c2ccc(F)cc2OCOCC[Si](C)(C)C)CC1. The molecular weight excluding hydrogens is 479 g/mol. The fraction of sp³-hybridized carbons (Fsp3) is 0.741. The first-order chi connectivity index (χ1) is 16.9. The monoisotopic (exact) mass is 524 g/mol. The number of nitrogens with one attached hydrogen (secondary N) is 1. The highest BCUT2D eigenvalue weighted by atomic mass is 28.3. The van der Waals surface area contributed by atoms with Crippen molar-refractivity contribution in [2.24, 2.45) is 5.92 Å². The second-order valence-electron chi connectivity index (χ2n) is 12.3. The Hall–Kier alpha value is -1.84. The molecule has 2 aliphatic rings. The summed E-state index contributed by atoms with van der Waals surface area (Å²) in [6.45, 7) is 15.6. The molecule has 1 saturated carbocycles. The van der Waals surface area contributed by atoms with Gasteiger partial charge in [-0.25, -0.2) is 9.18 Å². The number of hydrogen-bond acceptors (Lipinski definition) is 6. The molecule has 0 bridgehead atoms. The van der Waals surface area contributed by atoms with Gasteiger partial charge in [-0.3, -0.25) is 0 Å². The van der Waals surface area contributed by atoms with Gasteiger partial charge < -0.3 is 29.2 Å². The van der Waals surface area contributed by atoms with Crippen LogP contribution in [0.5, 0.6) is 5.75 Å². The number of carbonyl (C=O) groups is 1. The minimum Gasteiger partial charge on any atom is -0.465 e. The molecule has 1 aromatic carbocycles. The molecule has 0 aromatic heterocycles. The molecule has 3 rings (SSSR count). The van der Waals surface area contributed by atoms with Gasteiger partial charge in [0.05, 0.1) is 18.9 Å². The van der Waals surface area contributed by atoms with Crippen LogP contribution in [0.1, 0.15) is 46.5 Å². The number of ether oxygens (including phenoxy) is 4. The Bertz CT molecular complexity index is 846. The number of halogens is 1. The molecule has 0 unspecified atom stereocenters. The second kappa shape index (κ2) is 12.6. The average molecular weight is 525 g/mol. The summed E-state index contributed by atoms with van der Waals surface area (Å²) in [6, 6.07) is 6.18. The standard InChI is InChI=1S/C27H45FN2O5Si/c1-27(2,3)35-26(31)29-22-8-10-23(11-9-22)30(16-20-17-33-18-20)24-12-7-21(28)15-25(24)34-19-32-13-14-36(4,5)6/h7,12,15,20,22-23H,8-11,13-14,16-19H2,1-6H3,(H,29,31)/t22-,23-. The van der Waals surface area contributed by atoms with E-state index in [2.05, 4.69) is 29.9 Å². The zero-order valence-corrected chi connectivity index (χ0v) is 23.9. The molecule has 1 saturated heterocycles. The van der Waals surface area contributed by atoms with E-state index in [-0.39, 0.29) is 30.8 Å². The number of hydrogen-bond donors (Lipinski definition) is 1. The normalized spacial score (nSPS) is 21.0. The molecule has 1 aromatic rings. The van der Waals surface area contributed by atoms with E-state index in [9.17, 15) is 9.18 Å². The van der Waals surface area contributed by atoms with E-state index >= 15 is 0 Å². The largest absolute Gasteiger partial charge is 0.465 e. The Balaban J connectivity index is 1.64. The molecule has 1 N–H and O–H groups in total. The summed E-state index contributed by atoms with van der Waals surface area (Å²) in [5.41, 5.74) is 0.376. The average Bonchev–Trinajstić information content (AvgIpc) is 2.72. The first-order valence-electron chi connectivity index (χ1n) is 13.2. The van der Waals surface area contributed by atoms with Crippen molar-refractivity contribution < 1.29 is 28.1 Å². The number of carbonyl (C=O) groups excluding carboxylic acids is 1. The smallest absolute Gasteiger partial charge is 0.407 e. The predicted octanol–water partition coefficient (Wildman–Crippen LogP) is 5.81. The number of alkyl carbamates (subject to hydrolysis) is 1. The summed E-state index contributed by atoms with van der Waals surface area (Å²) < 4.78 is 36.8. The van der Waals surface area contributed by atoms with Crippen molar-refractivity contribution in [3.05, 3.63) is 24.0 Å². The van der Waals surface area contributed by atoms with Gasteiger partial charge in [-0.1, -0.05) is 19.6 Å². The van der Waals surface area contributed by atoms with Gasteiger partial charge in [0.25, 0.3) is 0 Å². The fourth-order valence-corrected chi connectivity index (χ4v) is 5.26. The zero-order valence-electron chi connectivity index (χ0n) is 22.9. The molecule has 1 amide bonds. The molecule has 2 fully saturated rings. The molecule has 36 heavy (non-hydrogen) atoms. The Labute approximate surface area is 217 Å². The van der Waals surface area contributed by atoms with Crippen LogP contribution in [-0.2, 0) is 14.2 Å². The lowest BCUT2D eigenvalue weighted by molar-refractivity contribution is -0.0288. The van der Waals surface area contributed by atoms with Crippen LogP contribution in [0.15, 0.2) is 18.2 Å². The van der Waals surface area contributed by atoms with Crippen LogP contribution in [0.4, 0.5) is 14.9 Å². The van der Waals surface area contributed by atoms with Gasteiger partial charge in [-0.2, -0.15) is 0 Å². The molecule has 0 radical (unpaired) electrons. The van der Waals surface area contributed by atoms with Crippen molar-refractivity contribution in [1.82, 2.24) is 5.32 Å².